The van der Waals surface area contributed by atoms with Crippen LogP contribution in [0.5, 0.6) is 0 Å². The third-order valence-corrected chi connectivity index (χ3v) is 11.9. The molecule has 10 rings (SSSR count). The Morgan fingerprint density at radius 1 is 0.468 bits per heavy atom. The molecular formula is C43H24N2S2. The fourth-order valence-corrected chi connectivity index (χ4v) is 9.99. The zero-order chi connectivity index (χ0) is 31.1. The smallest absolute Gasteiger partial charge is 0.0991 e. The minimum Gasteiger partial charge on any atom is -0.308 e. The van der Waals surface area contributed by atoms with E-state index in [1.54, 1.807) is 0 Å². The summed E-state index contributed by atoms with van der Waals surface area (Å²) in [5, 5.41) is 17.1. The fraction of sp³-hybridized carbons (Fsp3) is 0. The lowest BCUT2D eigenvalue weighted by Gasteiger charge is -2.11. The molecule has 10 aromatic rings. The lowest BCUT2D eigenvalue weighted by molar-refractivity contribution is 1.20. The first-order valence-electron chi connectivity index (χ1n) is 15.7. The SMILES string of the molecule is N#Cc1ccc2c(c1)c1ccccc1n2-c1cccc2c1sc1c(-c3ccccc3)ccc(-c3cccc4c3sc3ccccc34)c12. The van der Waals surface area contributed by atoms with Gasteiger partial charge in [0.1, 0.15) is 0 Å². The third kappa shape index (κ3) is 3.82. The molecule has 218 valence electrons. The van der Waals surface area contributed by atoms with Gasteiger partial charge in [-0.25, -0.2) is 0 Å². The van der Waals surface area contributed by atoms with Crippen LogP contribution in [0.2, 0.25) is 0 Å². The van der Waals surface area contributed by atoms with Crippen LogP contribution >= 0.6 is 22.7 Å². The summed E-state index contributed by atoms with van der Waals surface area (Å²) in [5.41, 5.74) is 9.09. The van der Waals surface area contributed by atoms with E-state index in [0.717, 1.165) is 27.5 Å². The van der Waals surface area contributed by atoms with Gasteiger partial charge in [0, 0.05) is 52.0 Å². The lowest BCUT2D eigenvalue weighted by Crippen LogP contribution is -1.93. The molecule has 2 nitrogen and oxygen atoms in total. The predicted molar refractivity (Wildman–Crippen MR) is 202 cm³/mol. The van der Waals surface area contributed by atoms with Crippen LogP contribution in [0, 0.1) is 11.3 Å². The average molecular weight is 633 g/mol. The average Bonchev–Trinajstić information content (AvgIpc) is 3.81. The second kappa shape index (κ2) is 10.1. The number of rotatable bonds is 3. The first-order valence-corrected chi connectivity index (χ1v) is 17.3. The third-order valence-electron chi connectivity index (χ3n) is 9.45. The van der Waals surface area contributed by atoms with E-state index in [1.807, 2.05) is 34.8 Å². The normalized spacial score (nSPS) is 11.8. The van der Waals surface area contributed by atoms with Crippen LogP contribution in [-0.4, -0.2) is 4.57 Å². The number of aromatic nitrogens is 1. The van der Waals surface area contributed by atoms with Gasteiger partial charge in [0.25, 0.3) is 0 Å². The lowest BCUT2D eigenvalue weighted by atomic mass is 9.94. The first-order chi connectivity index (χ1) is 23.3. The van der Waals surface area contributed by atoms with Gasteiger partial charge in [-0.05, 0) is 53.1 Å². The number of fused-ring (bicyclic) bond motifs is 9. The number of nitrogens with zero attached hydrogens (tertiary/aromatic N) is 2. The number of nitriles is 1. The number of thiophene rings is 2. The molecule has 4 heteroatoms. The van der Waals surface area contributed by atoms with Crippen molar-refractivity contribution in [1.82, 2.24) is 4.57 Å². The van der Waals surface area contributed by atoms with Crippen molar-refractivity contribution in [3.05, 3.63) is 151 Å². The van der Waals surface area contributed by atoms with Crippen molar-refractivity contribution in [2.45, 2.75) is 0 Å². The molecule has 0 saturated carbocycles. The zero-order valence-corrected chi connectivity index (χ0v) is 26.7. The second-order valence-electron chi connectivity index (χ2n) is 12.0. The summed E-state index contributed by atoms with van der Waals surface area (Å²) >= 11 is 3.77. The van der Waals surface area contributed by atoms with E-state index in [2.05, 4.69) is 144 Å². The van der Waals surface area contributed by atoms with Gasteiger partial charge in [0.2, 0.25) is 0 Å². The van der Waals surface area contributed by atoms with Gasteiger partial charge in [-0.3, -0.25) is 0 Å². The number of hydrogen-bond acceptors (Lipinski definition) is 3. The van der Waals surface area contributed by atoms with Crippen molar-refractivity contribution in [1.29, 1.82) is 5.26 Å². The molecule has 47 heavy (non-hydrogen) atoms. The van der Waals surface area contributed by atoms with Crippen molar-refractivity contribution in [3.8, 4) is 34.0 Å². The molecule has 0 fully saturated rings. The van der Waals surface area contributed by atoms with Crippen molar-refractivity contribution >= 4 is 84.8 Å². The topological polar surface area (TPSA) is 28.7 Å². The summed E-state index contributed by atoms with van der Waals surface area (Å²) in [5.74, 6) is 0. The zero-order valence-electron chi connectivity index (χ0n) is 25.1. The molecular weight excluding hydrogens is 609 g/mol. The molecule has 3 aromatic heterocycles. The van der Waals surface area contributed by atoms with Crippen molar-refractivity contribution in [2.75, 3.05) is 0 Å². The Balaban J connectivity index is 1.34. The van der Waals surface area contributed by atoms with E-state index in [4.69, 9.17) is 0 Å². The highest BCUT2D eigenvalue weighted by Crippen LogP contribution is 2.49. The molecule has 0 aliphatic rings. The molecule has 0 amide bonds. The van der Waals surface area contributed by atoms with Crippen LogP contribution in [0.4, 0.5) is 0 Å². The summed E-state index contributed by atoms with van der Waals surface area (Å²) in [6, 6.07) is 54.6. The summed E-state index contributed by atoms with van der Waals surface area (Å²) in [6.45, 7) is 0. The molecule has 3 heterocycles. The van der Waals surface area contributed by atoms with Crippen LogP contribution < -0.4 is 0 Å². The van der Waals surface area contributed by atoms with E-state index in [0.29, 0.717) is 5.56 Å². The van der Waals surface area contributed by atoms with Crippen LogP contribution in [0.1, 0.15) is 5.56 Å². The van der Waals surface area contributed by atoms with Gasteiger partial charge in [-0.1, -0.05) is 109 Å². The Labute approximate surface area is 278 Å². The highest BCUT2D eigenvalue weighted by Gasteiger charge is 2.21. The van der Waals surface area contributed by atoms with Crippen LogP contribution in [0.25, 0.3) is 90.1 Å². The van der Waals surface area contributed by atoms with Gasteiger partial charge in [-0.15, -0.1) is 22.7 Å². The number of hydrogen-bond donors (Lipinski definition) is 0. The van der Waals surface area contributed by atoms with Crippen LogP contribution in [-0.2, 0) is 0 Å². The summed E-state index contributed by atoms with van der Waals surface area (Å²) in [6.07, 6.45) is 0. The molecule has 0 saturated heterocycles. The molecule has 0 N–H and O–H groups in total. The summed E-state index contributed by atoms with van der Waals surface area (Å²) in [7, 11) is 0. The van der Waals surface area contributed by atoms with E-state index in [1.165, 1.54) is 62.6 Å². The molecule has 7 aromatic carbocycles. The Morgan fingerprint density at radius 2 is 1.19 bits per heavy atom. The Hall–Kier alpha value is -5.73. The Kier molecular flexibility index (Phi) is 5.71. The maximum Gasteiger partial charge on any atom is 0.0991 e. The van der Waals surface area contributed by atoms with E-state index < -0.39 is 0 Å². The maximum absolute atomic E-state index is 9.71. The van der Waals surface area contributed by atoms with Gasteiger partial charge >= 0.3 is 0 Å². The standard InChI is InChI=1S/C43H24N2S2/c44-25-26-20-23-37-35(24-26)29-12-4-6-17-36(29)45(37)38-18-9-16-34-40-31(22-21-28(43(40)47-42(34)38)27-10-2-1-3-11-27)33-15-8-14-32-30-13-5-7-19-39(30)46-41(32)33/h1-24H. The maximum atomic E-state index is 9.71. The van der Waals surface area contributed by atoms with E-state index in [-0.39, 0.29) is 0 Å². The van der Waals surface area contributed by atoms with Gasteiger partial charge in [-0.2, -0.15) is 5.26 Å². The predicted octanol–water partition coefficient (Wildman–Crippen LogP) is 12.7. The quantitative estimate of drug-likeness (QED) is 0.190. The fourth-order valence-electron chi connectivity index (χ4n) is 7.39. The largest absolute Gasteiger partial charge is 0.308 e. The minimum atomic E-state index is 0.674. The molecule has 0 aliphatic heterocycles. The Bertz CT molecular complexity index is 2920. The summed E-state index contributed by atoms with van der Waals surface area (Å²) in [4.78, 5) is 0. The van der Waals surface area contributed by atoms with Crippen molar-refractivity contribution in [3.63, 3.8) is 0 Å². The van der Waals surface area contributed by atoms with Crippen molar-refractivity contribution in [2.24, 2.45) is 0 Å². The molecule has 0 atom stereocenters. The van der Waals surface area contributed by atoms with Crippen molar-refractivity contribution < 1.29 is 0 Å². The van der Waals surface area contributed by atoms with Crippen LogP contribution in [0.3, 0.4) is 0 Å². The van der Waals surface area contributed by atoms with E-state index >= 15 is 0 Å². The first kappa shape index (κ1) is 26.5. The monoisotopic (exact) mass is 632 g/mol. The minimum absolute atomic E-state index is 0.674. The molecule has 0 spiro atoms. The molecule has 0 aliphatic carbocycles. The van der Waals surface area contributed by atoms with Gasteiger partial charge in [0.15, 0.2) is 0 Å². The van der Waals surface area contributed by atoms with Gasteiger partial charge < -0.3 is 4.57 Å². The highest BCUT2D eigenvalue weighted by atomic mass is 32.1. The molecule has 0 radical (unpaired) electrons. The van der Waals surface area contributed by atoms with Crippen LogP contribution in [0.15, 0.2) is 146 Å². The van der Waals surface area contributed by atoms with Gasteiger partial charge in [0.05, 0.1) is 33.1 Å². The van der Waals surface area contributed by atoms with E-state index in [9.17, 15) is 5.26 Å². The summed E-state index contributed by atoms with van der Waals surface area (Å²) < 4.78 is 7.58. The Morgan fingerprint density at radius 3 is 2.09 bits per heavy atom. The number of benzene rings is 7. The number of para-hydroxylation sites is 1. The highest BCUT2D eigenvalue weighted by molar-refractivity contribution is 7.27. The molecule has 0 bridgehead atoms. The second-order valence-corrected chi connectivity index (χ2v) is 14.0. The molecule has 0 unspecified atom stereocenters.